The van der Waals surface area contributed by atoms with E-state index in [0.717, 1.165) is 31.3 Å². The average Bonchev–Trinajstić information content (AvgIpc) is 2.95. The van der Waals surface area contributed by atoms with Crippen molar-refractivity contribution in [2.24, 2.45) is 17.3 Å². The van der Waals surface area contributed by atoms with Gasteiger partial charge in [-0.25, -0.2) is 0 Å². The normalized spacial score (nSPS) is 17.1. The summed E-state index contributed by atoms with van der Waals surface area (Å²) in [5.41, 5.74) is -0.684. The highest BCUT2D eigenvalue weighted by Crippen LogP contribution is 2.38. The first-order valence-electron chi connectivity index (χ1n) is 5.54. The molecule has 0 aromatic heterocycles. The third-order valence-electron chi connectivity index (χ3n) is 2.97. The molecule has 1 aliphatic rings. The third-order valence-corrected chi connectivity index (χ3v) is 2.97. The number of carbonyl (C=O) groups is 2. The predicted octanol–water partition coefficient (Wildman–Crippen LogP) is 2.61. The molecule has 0 N–H and O–H groups in total. The predicted molar refractivity (Wildman–Crippen MR) is 56.0 cm³/mol. The lowest BCUT2D eigenvalue weighted by atomic mass is 9.78. The van der Waals surface area contributed by atoms with Crippen molar-refractivity contribution in [3.63, 3.8) is 0 Å². The highest BCUT2D eigenvalue weighted by atomic mass is 16.1. The molecule has 1 rings (SSSR count). The summed E-state index contributed by atoms with van der Waals surface area (Å²) < 4.78 is 0. The molecule has 14 heavy (non-hydrogen) atoms. The molecule has 0 amide bonds. The Morgan fingerprint density at radius 1 is 1.29 bits per heavy atom. The molecule has 2 nitrogen and oxygen atoms in total. The van der Waals surface area contributed by atoms with Gasteiger partial charge in [0.15, 0.2) is 0 Å². The summed E-state index contributed by atoms with van der Waals surface area (Å²) in [6, 6.07) is 0. The smallest absolute Gasteiger partial charge is 0.133 e. The summed E-state index contributed by atoms with van der Waals surface area (Å²) in [6.45, 7) is 4.11. The van der Waals surface area contributed by atoms with Crippen LogP contribution in [0.1, 0.15) is 46.0 Å². The standard InChI is InChI=1S/C12H20O2/c1-10(2)7-12(8-13,9-14)6-5-11-3-4-11/h8-11H,3-7H2,1-2H3. The van der Waals surface area contributed by atoms with Gasteiger partial charge in [0.2, 0.25) is 0 Å². The van der Waals surface area contributed by atoms with Crippen molar-refractivity contribution in [3.05, 3.63) is 0 Å². The van der Waals surface area contributed by atoms with Gasteiger partial charge in [0, 0.05) is 0 Å². The van der Waals surface area contributed by atoms with E-state index in [2.05, 4.69) is 13.8 Å². The summed E-state index contributed by atoms with van der Waals surface area (Å²) in [5, 5.41) is 0. The van der Waals surface area contributed by atoms with E-state index in [4.69, 9.17) is 0 Å². The van der Waals surface area contributed by atoms with Gasteiger partial charge in [-0.15, -0.1) is 0 Å². The van der Waals surface area contributed by atoms with Crippen molar-refractivity contribution in [1.29, 1.82) is 0 Å². The lowest BCUT2D eigenvalue weighted by Crippen LogP contribution is -2.26. The quantitative estimate of drug-likeness (QED) is 0.463. The molecule has 1 saturated carbocycles. The minimum atomic E-state index is -0.684. The van der Waals surface area contributed by atoms with Crippen molar-refractivity contribution in [1.82, 2.24) is 0 Å². The Morgan fingerprint density at radius 3 is 2.21 bits per heavy atom. The van der Waals surface area contributed by atoms with Gasteiger partial charge < -0.3 is 9.59 Å². The van der Waals surface area contributed by atoms with Crippen LogP contribution in [0.25, 0.3) is 0 Å². The first-order valence-corrected chi connectivity index (χ1v) is 5.54. The molecule has 0 saturated heterocycles. The van der Waals surface area contributed by atoms with Crippen LogP contribution in [0.15, 0.2) is 0 Å². The Bertz CT molecular complexity index is 196. The van der Waals surface area contributed by atoms with E-state index in [1.54, 1.807) is 0 Å². The lowest BCUT2D eigenvalue weighted by Gasteiger charge is -2.23. The van der Waals surface area contributed by atoms with Gasteiger partial charge in [0.25, 0.3) is 0 Å². The zero-order chi connectivity index (χ0) is 10.6. The molecule has 0 bridgehead atoms. The first kappa shape index (κ1) is 11.4. The number of hydrogen-bond acceptors (Lipinski definition) is 2. The Morgan fingerprint density at radius 2 is 1.86 bits per heavy atom. The number of rotatable bonds is 7. The molecular weight excluding hydrogens is 176 g/mol. The molecular formula is C12H20O2. The largest absolute Gasteiger partial charge is 0.302 e. The highest BCUT2D eigenvalue weighted by molar-refractivity contribution is 5.83. The Balaban J connectivity index is 2.48. The molecule has 0 spiro atoms. The maximum atomic E-state index is 11.0. The molecule has 1 aliphatic carbocycles. The van der Waals surface area contributed by atoms with Crippen molar-refractivity contribution < 1.29 is 9.59 Å². The second-order valence-corrected chi connectivity index (χ2v) is 5.05. The fraction of sp³-hybridized carbons (Fsp3) is 0.833. The summed E-state index contributed by atoms with van der Waals surface area (Å²) in [6.07, 6.45) is 6.80. The van der Waals surface area contributed by atoms with Gasteiger partial charge in [-0.05, 0) is 31.1 Å². The first-order chi connectivity index (χ1) is 6.62. The second-order valence-electron chi connectivity index (χ2n) is 5.05. The summed E-state index contributed by atoms with van der Waals surface area (Å²) >= 11 is 0. The van der Waals surface area contributed by atoms with Crippen LogP contribution in [0.2, 0.25) is 0 Å². The zero-order valence-corrected chi connectivity index (χ0v) is 9.16. The van der Waals surface area contributed by atoms with E-state index in [0.29, 0.717) is 12.3 Å². The SMILES string of the molecule is CC(C)CC(C=O)(C=O)CCC1CC1. The maximum absolute atomic E-state index is 11.0. The van der Waals surface area contributed by atoms with Crippen LogP contribution in [0.5, 0.6) is 0 Å². The lowest BCUT2D eigenvalue weighted by molar-refractivity contribution is -0.127. The molecule has 0 aromatic carbocycles. The molecule has 0 aromatic rings. The fourth-order valence-corrected chi connectivity index (χ4v) is 1.98. The van der Waals surface area contributed by atoms with Gasteiger partial charge in [-0.2, -0.15) is 0 Å². The van der Waals surface area contributed by atoms with Crippen molar-refractivity contribution >= 4 is 12.6 Å². The average molecular weight is 196 g/mol. The van der Waals surface area contributed by atoms with E-state index in [9.17, 15) is 9.59 Å². The van der Waals surface area contributed by atoms with Crippen LogP contribution in [0, 0.1) is 17.3 Å². The number of aldehydes is 2. The van der Waals surface area contributed by atoms with Crippen LogP contribution < -0.4 is 0 Å². The monoisotopic (exact) mass is 196 g/mol. The van der Waals surface area contributed by atoms with Crippen molar-refractivity contribution in [2.75, 3.05) is 0 Å². The number of carbonyl (C=O) groups excluding carboxylic acids is 2. The van der Waals surface area contributed by atoms with E-state index in [1.807, 2.05) is 0 Å². The van der Waals surface area contributed by atoms with Crippen LogP contribution in [-0.2, 0) is 9.59 Å². The maximum Gasteiger partial charge on any atom is 0.133 e. The van der Waals surface area contributed by atoms with Gasteiger partial charge in [0.05, 0.1) is 5.41 Å². The Labute approximate surface area is 86.1 Å². The molecule has 1 fully saturated rings. The molecule has 0 radical (unpaired) electrons. The molecule has 0 aliphatic heterocycles. The van der Waals surface area contributed by atoms with E-state index in [1.165, 1.54) is 12.8 Å². The van der Waals surface area contributed by atoms with Crippen molar-refractivity contribution in [3.8, 4) is 0 Å². The van der Waals surface area contributed by atoms with E-state index >= 15 is 0 Å². The summed E-state index contributed by atoms with van der Waals surface area (Å²) in [5.74, 6) is 1.20. The van der Waals surface area contributed by atoms with Gasteiger partial charge in [0.1, 0.15) is 12.6 Å². The van der Waals surface area contributed by atoms with E-state index < -0.39 is 5.41 Å². The fourth-order valence-electron chi connectivity index (χ4n) is 1.98. The molecule has 2 heteroatoms. The number of hydrogen-bond donors (Lipinski definition) is 0. The third kappa shape index (κ3) is 3.24. The molecule has 0 atom stereocenters. The minimum absolute atomic E-state index is 0.407. The zero-order valence-electron chi connectivity index (χ0n) is 9.16. The Kier molecular flexibility index (Phi) is 3.85. The molecule has 0 heterocycles. The van der Waals surface area contributed by atoms with Gasteiger partial charge in [-0.1, -0.05) is 26.7 Å². The molecule has 0 unspecified atom stereocenters. The summed E-state index contributed by atoms with van der Waals surface area (Å²) in [4.78, 5) is 22.0. The van der Waals surface area contributed by atoms with Crippen LogP contribution >= 0.6 is 0 Å². The van der Waals surface area contributed by atoms with Gasteiger partial charge in [-0.3, -0.25) is 0 Å². The topological polar surface area (TPSA) is 34.1 Å². The van der Waals surface area contributed by atoms with Crippen LogP contribution in [0.3, 0.4) is 0 Å². The van der Waals surface area contributed by atoms with Crippen LogP contribution in [-0.4, -0.2) is 12.6 Å². The van der Waals surface area contributed by atoms with Crippen LogP contribution in [0.4, 0.5) is 0 Å². The van der Waals surface area contributed by atoms with Gasteiger partial charge >= 0.3 is 0 Å². The molecule has 80 valence electrons. The second kappa shape index (κ2) is 4.72. The summed E-state index contributed by atoms with van der Waals surface area (Å²) in [7, 11) is 0. The minimum Gasteiger partial charge on any atom is -0.302 e. The highest BCUT2D eigenvalue weighted by Gasteiger charge is 2.33. The Hall–Kier alpha value is -0.660. The van der Waals surface area contributed by atoms with E-state index in [-0.39, 0.29) is 0 Å². The van der Waals surface area contributed by atoms with Crippen molar-refractivity contribution in [2.45, 2.75) is 46.0 Å².